The normalized spacial score (nSPS) is 19.5. The van der Waals surface area contributed by atoms with Gasteiger partial charge in [0.05, 0.1) is 18.5 Å². The Balaban J connectivity index is 0.714. The average Bonchev–Trinajstić information content (AvgIpc) is 3.98. The van der Waals surface area contributed by atoms with Gasteiger partial charge in [-0.2, -0.15) is 0 Å². The van der Waals surface area contributed by atoms with Crippen molar-refractivity contribution in [3.05, 3.63) is 130 Å². The van der Waals surface area contributed by atoms with Crippen LogP contribution in [-0.2, 0) is 35.3 Å². The van der Waals surface area contributed by atoms with Gasteiger partial charge in [-0.3, -0.25) is 23.3 Å². The van der Waals surface area contributed by atoms with Gasteiger partial charge in [-0.1, -0.05) is 25.0 Å². The molecule has 3 aliphatic heterocycles. The van der Waals surface area contributed by atoms with Crippen molar-refractivity contribution in [2.45, 2.75) is 62.4 Å². The number of phenolic OH excluding ortho intramolecular Hbond substituents is 2. The first kappa shape index (κ1) is 49.2. The Morgan fingerprint density at radius 3 is 2.04 bits per heavy atom. The fraction of sp³-hybridized carbons (Fsp3) is 0.304. The van der Waals surface area contributed by atoms with E-state index in [2.05, 4.69) is 30.9 Å². The van der Waals surface area contributed by atoms with Crippen LogP contribution in [0.15, 0.2) is 91.5 Å². The third kappa shape index (κ3) is 10.2. The minimum atomic E-state index is -4.88. The number of hydrogen-bond donors (Lipinski definition) is 10. The number of benzene rings is 4. The maximum absolute atomic E-state index is 13.4. The molecule has 4 aromatic carbocycles. The molecule has 372 valence electrons. The highest BCUT2D eigenvalue weighted by molar-refractivity contribution is 7.70. The predicted molar refractivity (Wildman–Crippen MR) is 249 cm³/mol. The zero-order valence-corrected chi connectivity index (χ0v) is 39.1. The first-order chi connectivity index (χ1) is 33.9. The number of aliphatic hydroxyl groups excluding tert-OH is 2. The molecule has 1 unspecified atom stereocenters. The number of aromatic hydroxyl groups is 2. The second-order valence-electron chi connectivity index (χ2n) is 17.1. The number of amides is 2. The number of carbonyl (C=O) groups excluding carboxylic acids is 3. The number of phenols is 2. The largest absolute Gasteiger partial charge is 0.508 e. The monoisotopic (exact) mass is 1020 g/mol. The smallest absolute Gasteiger partial charge is 0.340 e. The molecule has 5 heterocycles. The number of nitrogens with one attached hydrogen (secondary N) is 3. The highest BCUT2D eigenvalue weighted by atomic mass is 31.2. The van der Waals surface area contributed by atoms with E-state index in [1.165, 1.54) is 41.5 Å². The molecular weight excluding hydrogens is 968 g/mol. The van der Waals surface area contributed by atoms with Crippen LogP contribution in [0.2, 0.25) is 0 Å². The van der Waals surface area contributed by atoms with Gasteiger partial charge < -0.3 is 69.8 Å². The Morgan fingerprint density at radius 1 is 0.761 bits per heavy atom. The maximum atomic E-state index is 13.4. The summed E-state index contributed by atoms with van der Waals surface area (Å²) in [6, 6.07) is 20.6. The Bertz CT molecular complexity index is 3080. The SMILES string of the molecule is O=C(NCCCCCCNC(=O)c1ccc2c(c1)C1(OC2=O)c2ccc(O)cc2Oc2cc(O)ccc21)c1ccc(CNc2ncnc3c2ncn3[C@@H]2O[C@H](COP(=O)(O)CP(=O)(O)O)[C@@H](O)[C@H]2O)cc1. The number of unbranched alkanes of at least 4 members (excludes halogenated alkanes) is 3. The lowest BCUT2D eigenvalue weighted by molar-refractivity contribution is -0.0483. The number of aromatic nitrogens is 4. The number of imidazole rings is 1. The minimum absolute atomic E-state index is 0.0697. The van der Waals surface area contributed by atoms with Crippen molar-refractivity contribution in [2.24, 2.45) is 0 Å². The molecule has 0 saturated carbocycles. The van der Waals surface area contributed by atoms with E-state index in [1.54, 1.807) is 54.6 Å². The first-order valence-electron chi connectivity index (χ1n) is 22.2. The van der Waals surface area contributed by atoms with Crippen LogP contribution in [0.25, 0.3) is 11.2 Å². The Hall–Kier alpha value is -6.78. The topological polar surface area (TPSA) is 344 Å². The van der Waals surface area contributed by atoms with Crippen molar-refractivity contribution in [3.63, 3.8) is 0 Å². The van der Waals surface area contributed by atoms with E-state index in [0.29, 0.717) is 65.1 Å². The molecule has 9 rings (SSSR count). The fourth-order valence-corrected chi connectivity index (χ4v) is 11.3. The van der Waals surface area contributed by atoms with Crippen molar-refractivity contribution in [1.82, 2.24) is 30.2 Å². The summed E-state index contributed by atoms with van der Waals surface area (Å²) in [7, 11) is -9.63. The van der Waals surface area contributed by atoms with Crippen LogP contribution in [0.5, 0.6) is 23.0 Å². The van der Waals surface area contributed by atoms with E-state index in [-0.39, 0.29) is 52.6 Å². The molecule has 0 radical (unpaired) electrons. The summed E-state index contributed by atoms with van der Waals surface area (Å²) in [6.45, 7) is 0.367. The predicted octanol–water partition coefficient (Wildman–Crippen LogP) is 4.09. The van der Waals surface area contributed by atoms with Crippen LogP contribution in [0.4, 0.5) is 5.82 Å². The molecule has 25 heteroatoms. The highest BCUT2D eigenvalue weighted by Gasteiger charge is 2.54. The van der Waals surface area contributed by atoms with Crippen molar-refractivity contribution in [2.75, 3.05) is 30.9 Å². The molecule has 6 aromatic rings. The number of ether oxygens (including phenoxy) is 3. The Kier molecular flexibility index (Phi) is 13.7. The quantitative estimate of drug-likeness (QED) is 0.0329. The molecule has 71 heavy (non-hydrogen) atoms. The van der Waals surface area contributed by atoms with Crippen LogP contribution in [-0.4, -0.2) is 116 Å². The molecule has 5 atom stereocenters. The van der Waals surface area contributed by atoms with Crippen LogP contribution in [0.1, 0.15) is 85.2 Å². The number of aliphatic hydroxyl groups is 2. The lowest BCUT2D eigenvalue weighted by Gasteiger charge is -2.36. The van der Waals surface area contributed by atoms with E-state index in [1.807, 2.05) is 0 Å². The number of carbonyl (C=O) groups is 3. The summed E-state index contributed by atoms with van der Waals surface area (Å²) in [5, 5.41) is 50.7. The van der Waals surface area contributed by atoms with E-state index in [4.69, 9.17) is 28.5 Å². The van der Waals surface area contributed by atoms with E-state index >= 15 is 0 Å². The third-order valence-corrected chi connectivity index (χ3v) is 15.6. The van der Waals surface area contributed by atoms with Crippen LogP contribution in [0, 0.1) is 0 Å². The Labute approximate surface area is 403 Å². The minimum Gasteiger partial charge on any atom is -0.508 e. The molecule has 10 N–H and O–H groups in total. The Morgan fingerprint density at radius 2 is 1.39 bits per heavy atom. The van der Waals surface area contributed by atoms with E-state index < -0.39 is 63.8 Å². The number of fused-ring (bicyclic) bond motifs is 7. The van der Waals surface area contributed by atoms with E-state index in [9.17, 15) is 48.8 Å². The molecule has 0 bridgehead atoms. The number of anilines is 1. The third-order valence-electron chi connectivity index (χ3n) is 12.2. The molecule has 3 aliphatic rings. The summed E-state index contributed by atoms with van der Waals surface area (Å²) in [5.41, 5.74) is 2.20. The van der Waals surface area contributed by atoms with Gasteiger partial charge in [-0.15, -0.1) is 0 Å². The van der Waals surface area contributed by atoms with Gasteiger partial charge in [0, 0.05) is 59.6 Å². The lowest BCUT2D eigenvalue weighted by Crippen LogP contribution is -2.33. The van der Waals surface area contributed by atoms with E-state index in [0.717, 1.165) is 18.4 Å². The van der Waals surface area contributed by atoms with Gasteiger partial charge in [-0.25, -0.2) is 19.7 Å². The summed E-state index contributed by atoms with van der Waals surface area (Å²) in [6.07, 6.45) is -0.214. The number of esters is 1. The molecule has 1 fully saturated rings. The number of hydrogen-bond acceptors (Lipinski definition) is 17. The highest BCUT2D eigenvalue weighted by Crippen LogP contribution is 2.58. The summed E-state index contributed by atoms with van der Waals surface area (Å²) < 4.78 is 47.2. The van der Waals surface area contributed by atoms with Gasteiger partial charge in [0.15, 0.2) is 34.7 Å². The fourth-order valence-electron chi connectivity index (χ4n) is 8.74. The molecular formula is C46H47N7O16P2. The van der Waals surface area contributed by atoms with Gasteiger partial charge in [0.25, 0.3) is 11.8 Å². The molecule has 1 spiro atoms. The molecule has 1 saturated heterocycles. The number of nitrogens with zero attached hydrogens (tertiary/aromatic N) is 4. The van der Waals surface area contributed by atoms with Gasteiger partial charge in [0.2, 0.25) is 0 Å². The van der Waals surface area contributed by atoms with Crippen LogP contribution in [0.3, 0.4) is 0 Å². The van der Waals surface area contributed by atoms with Crippen molar-refractivity contribution >= 4 is 50.0 Å². The second kappa shape index (κ2) is 19.8. The van der Waals surface area contributed by atoms with Gasteiger partial charge >= 0.3 is 21.2 Å². The molecule has 23 nitrogen and oxygen atoms in total. The van der Waals surface area contributed by atoms with Crippen molar-refractivity contribution in [3.8, 4) is 23.0 Å². The summed E-state index contributed by atoms with van der Waals surface area (Å²) >= 11 is 0. The van der Waals surface area contributed by atoms with Crippen LogP contribution >= 0.6 is 15.2 Å². The average molecular weight is 1020 g/mol. The zero-order chi connectivity index (χ0) is 50.2. The maximum Gasteiger partial charge on any atom is 0.340 e. The zero-order valence-electron chi connectivity index (χ0n) is 37.3. The molecule has 2 aromatic heterocycles. The first-order valence-corrected chi connectivity index (χ1v) is 25.8. The summed E-state index contributed by atoms with van der Waals surface area (Å²) in [5.74, 6) is -1.96. The van der Waals surface area contributed by atoms with Gasteiger partial charge in [0.1, 0.15) is 47.6 Å². The van der Waals surface area contributed by atoms with Crippen molar-refractivity contribution < 1.29 is 77.4 Å². The van der Waals surface area contributed by atoms with Crippen LogP contribution < -0.4 is 20.7 Å². The number of rotatable bonds is 18. The standard InChI is InChI=1S/C46H47N7O16P2/c54-28-10-13-31-34(18-28)67-35-19-29(55)11-14-32(35)46(31)33-17-27(9-12-30(33)45(60)69-46)43(59)48-16-4-2-1-3-15-47-42(58)26-7-5-25(6-8-26)20-49-40-37-41(51-22-50-40)53(23-52-37)44-39(57)38(56)36(68-44)21-66-71(64,65)24-70(61,62)63/h5-14,17-19,22-23,36,38-39,44,54-57H,1-4,15-16,20-21,24H2,(H,47,58)(H,48,59)(H,64,65)(H,49,50,51)(H2,61,62,63)/t36-,38-,39-,44-/m1/s1. The second-order valence-corrected chi connectivity index (χ2v) is 21.1. The lowest BCUT2D eigenvalue weighted by atomic mass is 9.77. The molecule has 2 amide bonds. The molecule has 0 aliphatic carbocycles. The van der Waals surface area contributed by atoms with Gasteiger partial charge in [-0.05, 0) is 73.0 Å². The van der Waals surface area contributed by atoms with Crippen molar-refractivity contribution in [1.29, 1.82) is 0 Å². The summed E-state index contributed by atoms with van der Waals surface area (Å²) in [4.78, 5) is 80.3.